The average molecular weight is 342 g/mol. The Bertz CT molecular complexity index is 456. The summed E-state index contributed by atoms with van der Waals surface area (Å²) in [6.45, 7) is 22.5. The largest absolute Gasteiger partial charge is 0.442 e. The predicted octanol–water partition coefficient (Wildman–Crippen LogP) is 5.52. The number of amides is 1. The molecule has 23 heavy (non-hydrogen) atoms. The summed E-state index contributed by atoms with van der Waals surface area (Å²) < 4.78 is 11.9. The van der Waals surface area contributed by atoms with Gasteiger partial charge in [-0.05, 0) is 70.2 Å². The van der Waals surface area contributed by atoms with E-state index in [-0.39, 0.29) is 11.1 Å². The van der Waals surface area contributed by atoms with Gasteiger partial charge in [0.15, 0.2) is 0 Å². The van der Waals surface area contributed by atoms with E-state index in [0.717, 1.165) is 18.4 Å². The Balaban J connectivity index is 3.00. The van der Waals surface area contributed by atoms with Crippen LogP contribution >= 0.6 is 0 Å². The molecule has 0 radical (unpaired) electrons. The van der Waals surface area contributed by atoms with E-state index in [4.69, 9.17) is 9.26 Å². The summed E-state index contributed by atoms with van der Waals surface area (Å²) in [6, 6.07) is -0.175. The molecule has 0 spiro atoms. The predicted molar refractivity (Wildman–Crippen MR) is 97.7 cm³/mol. The van der Waals surface area contributed by atoms with Crippen molar-refractivity contribution >= 4 is 14.4 Å². The maximum absolute atomic E-state index is 12.7. The SMILES string of the molecule is C=C(C1CC1)[C@H](C)N(O[Si](C)(C)C(C)(C)C)C(=O)OC(C)(C)C. The molecule has 1 aliphatic carbocycles. The summed E-state index contributed by atoms with van der Waals surface area (Å²) in [5.74, 6) is 0.512. The zero-order chi connectivity index (χ0) is 18.2. The monoisotopic (exact) mass is 341 g/mol. The van der Waals surface area contributed by atoms with Crippen molar-refractivity contribution < 1.29 is 14.1 Å². The van der Waals surface area contributed by atoms with Gasteiger partial charge in [0, 0.05) is 0 Å². The lowest BCUT2D eigenvalue weighted by atomic mass is 10.1. The Labute approximate surface area is 143 Å². The molecule has 0 heterocycles. The molecule has 134 valence electrons. The molecule has 1 atom stereocenters. The molecule has 0 aromatic rings. The van der Waals surface area contributed by atoms with E-state index in [1.54, 1.807) is 0 Å². The van der Waals surface area contributed by atoms with Crippen LogP contribution in [-0.4, -0.2) is 31.1 Å². The number of nitrogens with zero attached hydrogens (tertiary/aromatic N) is 1. The lowest BCUT2D eigenvalue weighted by Crippen LogP contribution is -2.52. The van der Waals surface area contributed by atoms with Crippen LogP contribution in [0.1, 0.15) is 61.3 Å². The van der Waals surface area contributed by atoms with E-state index in [0.29, 0.717) is 5.92 Å². The highest BCUT2D eigenvalue weighted by molar-refractivity contribution is 6.74. The van der Waals surface area contributed by atoms with Gasteiger partial charge in [0.25, 0.3) is 0 Å². The maximum atomic E-state index is 12.7. The van der Waals surface area contributed by atoms with E-state index >= 15 is 0 Å². The normalized spacial score (nSPS) is 17.6. The van der Waals surface area contributed by atoms with E-state index in [1.807, 2.05) is 27.7 Å². The Kier molecular flexibility index (Phi) is 5.80. The van der Waals surface area contributed by atoms with Crippen LogP contribution in [0.25, 0.3) is 0 Å². The smallest absolute Gasteiger partial charge is 0.434 e. The number of hydroxylamine groups is 2. The highest BCUT2D eigenvalue weighted by Gasteiger charge is 2.44. The lowest BCUT2D eigenvalue weighted by molar-refractivity contribution is -0.0966. The van der Waals surface area contributed by atoms with E-state index < -0.39 is 20.0 Å². The van der Waals surface area contributed by atoms with E-state index in [1.165, 1.54) is 5.06 Å². The van der Waals surface area contributed by atoms with Crippen molar-refractivity contribution in [3.8, 4) is 0 Å². The van der Waals surface area contributed by atoms with Gasteiger partial charge in [-0.2, -0.15) is 5.06 Å². The summed E-state index contributed by atoms with van der Waals surface area (Å²) in [5, 5.41) is 1.46. The van der Waals surface area contributed by atoms with Crippen molar-refractivity contribution in [2.75, 3.05) is 0 Å². The fraction of sp³-hybridized carbons (Fsp3) is 0.833. The fourth-order valence-electron chi connectivity index (χ4n) is 1.91. The molecule has 1 saturated carbocycles. The minimum absolute atomic E-state index is 0.00783. The first-order valence-corrected chi connectivity index (χ1v) is 11.5. The molecule has 1 amide bonds. The molecule has 4 nitrogen and oxygen atoms in total. The first-order chi connectivity index (χ1) is 10.2. The second kappa shape index (κ2) is 6.59. The average Bonchev–Trinajstić information content (AvgIpc) is 3.14. The van der Waals surface area contributed by atoms with Crippen LogP contribution in [0.3, 0.4) is 0 Å². The van der Waals surface area contributed by atoms with Crippen molar-refractivity contribution in [3.63, 3.8) is 0 Å². The van der Waals surface area contributed by atoms with Gasteiger partial charge in [0.2, 0.25) is 8.32 Å². The Morgan fingerprint density at radius 1 is 1.17 bits per heavy atom. The molecule has 1 aliphatic rings. The minimum Gasteiger partial charge on any atom is -0.442 e. The minimum atomic E-state index is -2.15. The number of carbonyl (C=O) groups excluding carboxylic acids is 1. The third kappa shape index (κ3) is 5.64. The molecule has 0 unspecified atom stereocenters. The first kappa shape index (κ1) is 20.2. The molecule has 1 rings (SSSR count). The number of rotatable bonds is 5. The van der Waals surface area contributed by atoms with Crippen LogP contribution < -0.4 is 0 Å². The number of carbonyl (C=O) groups is 1. The topological polar surface area (TPSA) is 38.8 Å². The highest BCUT2D eigenvalue weighted by Crippen LogP contribution is 2.41. The Hall–Kier alpha value is -0.813. The van der Waals surface area contributed by atoms with Crippen molar-refractivity contribution in [2.45, 2.75) is 91.1 Å². The second-order valence-electron chi connectivity index (χ2n) is 9.18. The van der Waals surface area contributed by atoms with Gasteiger partial charge >= 0.3 is 6.09 Å². The van der Waals surface area contributed by atoms with Crippen LogP contribution in [0.15, 0.2) is 12.2 Å². The summed E-state index contributed by atoms with van der Waals surface area (Å²) in [4.78, 5) is 12.7. The summed E-state index contributed by atoms with van der Waals surface area (Å²) >= 11 is 0. The number of hydrogen-bond acceptors (Lipinski definition) is 3. The molecule has 0 aliphatic heterocycles. The van der Waals surface area contributed by atoms with Crippen molar-refractivity contribution in [3.05, 3.63) is 12.2 Å². The zero-order valence-electron chi connectivity index (χ0n) is 16.4. The van der Waals surface area contributed by atoms with Gasteiger partial charge in [0.1, 0.15) is 5.60 Å². The molecule has 5 heteroatoms. The van der Waals surface area contributed by atoms with Gasteiger partial charge in [-0.1, -0.05) is 27.4 Å². The zero-order valence-corrected chi connectivity index (χ0v) is 17.4. The summed E-state index contributed by atoms with van der Waals surface area (Å²) in [7, 11) is -2.15. The molecule has 1 fully saturated rings. The highest BCUT2D eigenvalue weighted by atomic mass is 28.4. The Morgan fingerprint density at radius 3 is 2.00 bits per heavy atom. The summed E-state index contributed by atoms with van der Waals surface area (Å²) in [5.41, 5.74) is 0.516. The Morgan fingerprint density at radius 2 is 1.65 bits per heavy atom. The molecular formula is C18H35NO3Si. The molecule has 0 aromatic heterocycles. The maximum Gasteiger partial charge on any atom is 0.434 e. The third-order valence-electron chi connectivity index (χ3n) is 4.70. The van der Waals surface area contributed by atoms with Crippen LogP contribution in [0.5, 0.6) is 0 Å². The molecular weight excluding hydrogens is 306 g/mol. The van der Waals surface area contributed by atoms with Gasteiger partial charge in [-0.3, -0.25) is 0 Å². The van der Waals surface area contributed by atoms with Crippen LogP contribution in [-0.2, 0) is 9.26 Å². The quantitative estimate of drug-likeness (QED) is 0.376. The standard InChI is InChI=1S/C18H35NO3Si/c1-13(15-11-12-15)14(2)19(16(20)21-17(3,4)5)22-23(9,10)18(6,7)8/h14-15H,1,11-12H2,2-10H3/t14-/m0/s1. The molecule has 0 saturated heterocycles. The molecule has 0 N–H and O–H groups in total. The van der Waals surface area contributed by atoms with E-state index in [2.05, 4.69) is 40.4 Å². The number of hydrogen-bond donors (Lipinski definition) is 0. The van der Waals surface area contributed by atoms with Gasteiger partial charge in [-0.15, -0.1) is 0 Å². The van der Waals surface area contributed by atoms with Crippen molar-refractivity contribution in [1.29, 1.82) is 0 Å². The number of ether oxygens (including phenoxy) is 1. The fourth-order valence-corrected chi connectivity index (χ4v) is 2.91. The van der Waals surface area contributed by atoms with Crippen LogP contribution in [0.4, 0.5) is 4.79 Å². The van der Waals surface area contributed by atoms with Crippen molar-refractivity contribution in [1.82, 2.24) is 5.06 Å². The lowest BCUT2D eigenvalue weighted by Gasteiger charge is -2.42. The molecule has 0 bridgehead atoms. The first-order valence-electron chi connectivity index (χ1n) is 8.56. The van der Waals surface area contributed by atoms with E-state index in [9.17, 15) is 4.79 Å². The second-order valence-corrected chi connectivity index (χ2v) is 13.9. The summed E-state index contributed by atoms with van der Waals surface area (Å²) in [6.07, 6.45) is 1.90. The third-order valence-corrected chi connectivity index (χ3v) is 8.96. The van der Waals surface area contributed by atoms with Gasteiger partial charge < -0.3 is 9.26 Å². The van der Waals surface area contributed by atoms with Crippen molar-refractivity contribution in [2.24, 2.45) is 5.92 Å². The van der Waals surface area contributed by atoms with Crippen LogP contribution in [0, 0.1) is 5.92 Å². The van der Waals surface area contributed by atoms with Gasteiger partial charge in [0.05, 0.1) is 6.04 Å². The molecule has 0 aromatic carbocycles. The van der Waals surface area contributed by atoms with Crippen LogP contribution in [0.2, 0.25) is 18.1 Å². The van der Waals surface area contributed by atoms with Gasteiger partial charge in [-0.25, -0.2) is 4.79 Å².